The van der Waals surface area contributed by atoms with Gasteiger partial charge < -0.3 is 15.5 Å². The predicted octanol–water partition coefficient (Wildman–Crippen LogP) is 4.93. The number of anilines is 3. The lowest BCUT2D eigenvalue weighted by atomic mass is 10.0. The van der Waals surface area contributed by atoms with E-state index < -0.39 is 0 Å². The van der Waals surface area contributed by atoms with Gasteiger partial charge in [-0.05, 0) is 62.1 Å². The fourth-order valence-corrected chi connectivity index (χ4v) is 3.22. The van der Waals surface area contributed by atoms with Gasteiger partial charge in [-0.3, -0.25) is 9.59 Å². The molecule has 0 saturated carbocycles. The van der Waals surface area contributed by atoms with E-state index in [0.717, 1.165) is 41.3 Å². The molecule has 0 aliphatic carbocycles. The van der Waals surface area contributed by atoms with Crippen LogP contribution in [0, 0.1) is 6.92 Å². The van der Waals surface area contributed by atoms with Gasteiger partial charge in [0.05, 0.1) is 0 Å². The van der Waals surface area contributed by atoms with Gasteiger partial charge in [0.1, 0.15) is 6.42 Å². The number of amides is 2. The molecular weight excluding hydrogens is 350 g/mol. The Kier molecular flexibility index (Phi) is 7.61. The summed E-state index contributed by atoms with van der Waals surface area (Å²) in [7, 11) is 0. The third kappa shape index (κ3) is 5.59. The third-order valence-corrected chi connectivity index (χ3v) is 4.79. The molecule has 28 heavy (non-hydrogen) atoms. The minimum Gasteiger partial charge on any atom is -0.372 e. The number of hydrogen-bond donors (Lipinski definition) is 2. The van der Waals surface area contributed by atoms with Crippen molar-refractivity contribution in [1.29, 1.82) is 0 Å². The van der Waals surface area contributed by atoms with Crippen molar-refractivity contribution in [3.05, 3.63) is 53.6 Å². The zero-order valence-corrected chi connectivity index (χ0v) is 17.5. The highest BCUT2D eigenvalue weighted by atomic mass is 16.2. The number of benzene rings is 2. The molecule has 150 valence electrons. The van der Waals surface area contributed by atoms with Crippen LogP contribution in [0.5, 0.6) is 0 Å². The van der Waals surface area contributed by atoms with Crippen molar-refractivity contribution in [2.75, 3.05) is 28.6 Å². The van der Waals surface area contributed by atoms with Gasteiger partial charge in [-0.1, -0.05) is 32.0 Å². The number of rotatable bonds is 8. The highest BCUT2D eigenvalue weighted by molar-refractivity contribution is 6.08. The van der Waals surface area contributed by atoms with Crippen molar-refractivity contribution in [3.63, 3.8) is 0 Å². The summed E-state index contributed by atoms with van der Waals surface area (Å²) in [6, 6.07) is 13.6. The highest BCUT2D eigenvalue weighted by Gasteiger charge is 2.14. The standard InChI is InChI=1S/C23H31N3O2/c1-6-26(7-2)18-12-13-20(17(5)14-18)24-22(27)15-23(28)25-21-11-9-8-10-19(21)16(3)4/h8-14,16H,6-7,15H2,1-5H3,(H,24,27)(H,25,28). The van der Waals surface area contributed by atoms with Gasteiger partial charge in [0, 0.05) is 30.2 Å². The molecule has 0 heterocycles. The summed E-state index contributed by atoms with van der Waals surface area (Å²) < 4.78 is 0. The summed E-state index contributed by atoms with van der Waals surface area (Å²) >= 11 is 0. The van der Waals surface area contributed by atoms with Gasteiger partial charge in [0.25, 0.3) is 0 Å². The maximum Gasteiger partial charge on any atom is 0.233 e. The van der Waals surface area contributed by atoms with Crippen molar-refractivity contribution in [2.45, 2.75) is 47.0 Å². The van der Waals surface area contributed by atoms with Crippen molar-refractivity contribution in [3.8, 4) is 0 Å². The number of carbonyl (C=O) groups is 2. The maximum absolute atomic E-state index is 12.3. The zero-order chi connectivity index (χ0) is 20.7. The van der Waals surface area contributed by atoms with Crippen molar-refractivity contribution < 1.29 is 9.59 Å². The van der Waals surface area contributed by atoms with E-state index in [0.29, 0.717) is 0 Å². The molecule has 2 rings (SSSR count). The predicted molar refractivity (Wildman–Crippen MR) is 117 cm³/mol. The van der Waals surface area contributed by atoms with E-state index in [-0.39, 0.29) is 24.2 Å². The Hall–Kier alpha value is -2.82. The Labute approximate surface area is 168 Å². The molecule has 5 nitrogen and oxygen atoms in total. The smallest absolute Gasteiger partial charge is 0.233 e. The fourth-order valence-electron chi connectivity index (χ4n) is 3.22. The monoisotopic (exact) mass is 381 g/mol. The maximum atomic E-state index is 12.3. The number of aryl methyl sites for hydroxylation is 1. The van der Waals surface area contributed by atoms with Crippen LogP contribution in [-0.4, -0.2) is 24.9 Å². The van der Waals surface area contributed by atoms with Gasteiger partial charge in [0.2, 0.25) is 11.8 Å². The minimum atomic E-state index is -0.321. The molecule has 0 aliphatic heterocycles. The van der Waals surface area contributed by atoms with Gasteiger partial charge in [-0.25, -0.2) is 0 Å². The zero-order valence-electron chi connectivity index (χ0n) is 17.5. The van der Waals surface area contributed by atoms with Gasteiger partial charge in [-0.15, -0.1) is 0 Å². The second-order valence-electron chi connectivity index (χ2n) is 7.19. The second-order valence-corrected chi connectivity index (χ2v) is 7.19. The van der Waals surface area contributed by atoms with E-state index in [4.69, 9.17) is 0 Å². The molecule has 2 aromatic rings. The third-order valence-electron chi connectivity index (χ3n) is 4.79. The number of nitrogens with zero attached hydrogens (tertiary/aromatic N) is 1. The molecule has 0 saturated heterocycles. The van der Waals surface area contributed by atoms with Crippen LogP contribution >= 0.6 is 0 Å². The van der Waals surface area contributed by atoms with Crippen molar-refractivity contribution in [1.82, 2.24) is 0 Å². The minimum absolute atomic E-state index is 0.219. The summed E-state index contributed by atoms with van der Waals surface area (Å²) in [5.41, 5.74) is 4.65. The first-order valence-electron chi connectivity index (χ1n) is 9.89. The molecule has 5 heteroatoms. The molecular formula is C23H31N3O2. The Morgan fingerprint density at radius 3 is 2.11 bits per heavy atom. The van der Waals surface area contributed by atoms with Gasteiger partial charge in [0.15, 0.2) is 0 Å². The van der Waals surface area contributed by atoms with Crippen LogP contribution in [0.4, 0.5) is 17.1 Å². The molecule has 0 spiro atoms. The molecule has 2 amide bonds. The summed E-state index contributed by atoms with van der Waals surface area (Å²) in [6.07, 6.45) is -0.219. The quantitative estimate of drug-likeness (QED) is 0.637. The molecule has 0 fully saturated rings. The Morgan fingerprint density at radius 1 is 0.929 bits per heavy atom. The average molecular weight is 382 g/mol. The van der Waals surface area contributed by atoms with Crippen LogP contribution in [-0.2, 0) is 9.59 Å². The largest absolute Gasteiger partial charge is 0.372 e. The van der Waals surface area contributed by atoms with Crippen LogP contribution < -0.4 is 15.5 Å². The number of para-hydroxylation sites is 1. The normalized spacial score (nSPS) is 10.6. The van der Waals surface area contributed by atoms with Crippen LogP contribution in [0.15, 0.2) is 42.5 Å². The Balaban J connectivity index is 2.00. The van der Waals surface area contributed by atoms with Crippen molar-refractivity contribution in [2.24, 2.45) is 0 Å². The second kappa shape index (κ2) is 9.93. The molecule has 0 aliphatic rings. The molecule has 0 aromatic heterocycles. The first kappa shape index (κ1) is 21.5. The van der Waals surface area contributed by atoms with E-state index in [1.54, 1.807) is 0 Å². The average Bonchev–Trinajstić information content (AvgIpc) is 2.65. The van der Waals surface area contributed by atoms with Gasteiger partial charge >= 0.3 is 0 Å². The number of nitrogens with one attached hydrogen (secondary N) is 2. The molecule has 0 unspecified atom stereocenters. The SMILES string of the molecule is CCN(CC)c1ccc(NC(=O)CC(=O)Nc2ccccc2C(C)C)c(C)c1. The lowest BCUT2D eigenvalue weighted by Gasteiger charge is -2.22. The molecule has 0 atom stereocenters. The lowest BCUT2D eigenvalue weighted by Crippen LogP contribution is -2.23. The van der Waals surface area contributed by atoms with E-state index in [1.807, 2.05) is 43.3 Å². The Morgan fingerprint density at radius 2 is 1.54 bits per heavy atom. The van der Waals surface area contributed by atoms with E-state index >= 15 is 0 Å². The number of hydrogen-bond acceptors (Lipinski definition) is 3. The van der Waals surface area contributed by atoms with Crippen molar-refractivity contribution >= 4 is 28.9 Å². The molecule has 0 radical (unpaired) electrons. The number of carbonyl (C=O) groups excluding carboxylic acids is 2. The van der Waals surface area contributed by atoms with Crippen LogP contribution in [0.25, 0.3) is 0 Å². The van der Waals surface area contributed by atoms with Crippen LogP contribution in [0.2, 0.25) is 0 Å². The van der Waals surface area contributed by atoms with Crippen LogP contribution in [0.1, 0.15) is 51.2 Å². The van der Waals surface area contributed by atoms with E-state index in [9.17, 15) is 9.59 Å². The van der Waals surface area contributed by atoms with Gasteiger partial charge in [-0.2, -0.15) is 0 Å². The molecule has 0 bridgehead atoms. The molecule has 2 N–H and O–H groups in total. The van der Waals surface area contributed by atoms with Crippen LogP contribution in [0.3, 0.4) is 0 Å². The lowest BCUT2D eigenvalue weighted by molar-refractivity contribution is -0.123. The topological polar surface area (TPSA) is 61.4 Å². The summed E-state index contributed by atoms with van der Waals surface area (Å²) in [4.78, 5) is 26.9. The molecule has 2 aromatic carbocycles. The summed E-state index contributed by atoms with van der Waals surface area (Å²) in [6.45, 7) is 12.2. The first-order valence-corrected chi connectivity index (χ1v) is 9.89. The highest BCUT2D eigenvalue weighted by Crippen LogP contribution is 2.24. The summed E-state index contributed by atoms with van der Waals surface area (Å²) in [5.74, 6) is -0.349. The van der Waals surface area contributed by atoms with E-state index in [2.05, 4.69) is 49.3 Å². The van der Waals surface area contributed by atoms with E-state index in [1.165, 1.54) is 0 Å². The Bertz CT molecular complexity index is 826. The fraction of sp³-hybridized carbons (Fsp3) is 0.391. The summed E-state index contributed by atoms with van der Waals surface area (Å²) in [5, 5.41) is 5.70. The first-order chi connectivity index (χ1) is 13.3.